The van der Waals surface area contributed by atoms with Gasteiger partial charge in [-0.05, 0) is 43.0 Å². The van der Waals surface area contributed by atoms with Gasteiger partial charge in [-0.3, -0.25) is 4.79 Å². The minimum absolute atomic E-state index is 0.0904. The van der Waals surface area contributed by atoms with Gasteiger partial charge in [0.05, 0.1) is 0 Å². The molecule has 98 valence electrons. The van der Waals surface area contributed by atoms with Crippen LogP contribution in [0.25, 0.3) is 0 Å². The number of hydrogen-bond acceptors (Lipinski definition) is 2. The van der Waals surface area contributed by atoms with Crippen LogP contribution in [-0.2, 0) is 4.79 Å². The zero-order valence-electron chi connectivity index (χ0n) is 10.7. The fourth-order valence-electron chi connectivity index (χ4n) is 2.59. The minimum Gasteiger partial charge on any atom is -0.508 e. The smallest absolute Gasteiger partial charge is 0.224 e. The van der Waals surface area contributed by atoms with Gasteiger partial charge in [-0.2, -0.15) is 0 Å². The first-order valence-corrected chi connectivity index (χ1v) is 6.83. The monoisotopic (exact) mass is 247 g/mol. The Balaban J connectivity index is 1.82. The summed E-state index contributed by atoms with van der Waals surface area (Å²) in [6, 6.07) is 6.61. The van der Waals surface area contributed by atoms with Crippen molar-refractivity contribution < 1.29 is 9.90 Å². The van der Waals surface area contributed by atoms with Crippen molar-refractivity contribution in [1.82, 2.24) is 0 Å². The third-order valence-corrected chi connectivity index (χ3v) is 3.60. The van der Waals surface area contributed by atoms with Crippen molar-refractivity contribution in [3.8, 4) is 5.75 Å². The van der Waals surface area contributed by atoms with E-state index in [0.717, 1.165) is 5.69 Å². The number of carbonyl (C=O) groups excluding carboxylic acids is 1. The Bertz CT molecular complexity index is 378. The first-order valence-electron chi connectivity index (χ1n) is 6.83. The highest BCUT2D eigenvalue weighted by atomic mass is 16.3. The van der Waals surface area contributed by atoms with E-state index in [1.54, 1.807) is 24.3 Å². The number of phenols is 1. The molecule has 2 N–H and O–H groups in total. The van der Waals surface area contributed by atoms with Crippen LogP contribution < -0.4 is 5.32 Å². The van der Waals surface area contributed by atoms with E-state index in [1.807, 2.05) is 0 Å². The number of anilines is 1. The summed E-state index contributed by atoms with van der Waals surface area (Å²) in [5, 5.41) is 12.1. The Morgan fingerprint density at radius 3 is 2.33 bits per heavy atom. The topological polar surface area (TPSA) is 49.3 Å². The van der Waals surface area contributed by atoms with E-state index in [2.05, 4.69) is 5.32 Å². The van der Waals surface area contributed by atoms with Gasteiger partial charge in [0.15, 0.2) is 0 Å². The van der Waals surface area contributed by atoms with Gasteiger partial charge < -0.3 is 10.4 Å². The predicted octanol–water partition coefficient (Wildman–Crippen LogP) is 3.69. The number of nitrogens with one attached hydrogen (secondary N) is 1. The molecule has 1 aliphatic rings. The molecular weight excluding hydrogens is 226 g/mol. The molecule has 2 rings (SSSR count). The Morgan fingerprint density at radius 1 is 1.11 bits per heavy atom. The van der Waals surface area contributed by atoms with Crippen LogP contribution in [0.1, 0.15) is 44.9 Å². The van der Waals surface area contributed by atoms with E-state index in [4.69, 9.17) is 0 Å². The maximum atomic E-state index is 11.9. The number of rotatable bonds is 3. The summed E-state index contributed by atoms with van der Waals surface area (Å²) < 4.78 is 0. The molecule has 0 saturated heterocycles. The van der Waals surface area contributed by atoms with Crippen LogP contribution >= 0.6 is 0 Å². The van der Waals surface area contributed by atoms with Gasteiger partial charge in [0.1, 0.15) is 5.75 Å². The van der Waals surface area contributed by atoms with Crippen LogP contribution in [0.2, 0.25) is 0 Å². The van der Waals surface area contributed by atoms with Crippen LogP contribution in [0.4, 0.5) is 5.69 Å². The van der Waals surface area contributed by atoms with Crippen LogP contribution in [0.3, 0.4) is 0 Å². The van der Waals surface area contributed by atoms with Gasteiger partial charge in [-0.25, -0.2) is 0 Å². The second kappa shape index (κ2) is 6.43. The summed E-state index contributed by atoms with van der Waals surface area (Å²) >= 11 is 0. The molecule has 0 bridgehead atoms. The predicted molar refractivity (Wildman–Crippen MR) is 72.5 cm³/mol. The lowest BCUT2D eigenvalue weighted by Crippen LogP contribution is -2.16. The van der Waals surface area contributed by atoms with Crippen molar-refractivity contribution >= 4 is 11.6 Å². The number of carbonyl (C=O) groups is 1. The molecule has 0 heterocycles. The molecular formula is C15H21NO2. The van der Waals surface area contributed by atoms with Crippen molar-refractivity contribution in [1.29, 1.82) is 0 Å². The van der Waals surface area contributed by atoms with Gasteiger partial charge in [0.2, 0.25) is 5.91 Å². The highest BCUT2D eigenvalue weighted by molar-refractivity contribution is 5.90. The molecule has 0 unspecified atom stereocenters. The van der Waals surface area contributed by atoms with Crippen molar-refractivity contribution in [2.45, 2.75) is 44.9 Å². The van der Waals surface area contributed by atoms with Crippen molar-refractivity contribution in [2.24, 2.45) is 5.92 Å². The van der Waals surface area contributed by atoms with E-state index in [9.17, 15) is 9.90 Å². The second-order valence-electron chi connectivity index (χ2n) is 5.16. The molecule has 0 aromatic heterocycles. The molecule has 1 aliphatic carbocycles. The van der Waals surface area contributed by atoms with E-state index in [0.29, 0.717) is 12.3 Å². The van der Waals surface area contributed by atoms with E-state index in [-0.39, 0.29) is 11.7 Å². The fourth-order valence-corrected chi connectivity index (χ4v) is 2.59. The van der Waals surface area contributed by atoms with Crippen LogP contribution in [-0.4, -0.2) is 11.0 Å². The van der Waals surface area contributed by atoms with Gasteiger partial charge >= 0.3 is 0 Å². The van der Waals surface area contributed by atoms with E-state index >= 15 is 0 Å². The highest BCUT2D eigenvalue weighted by Gasteiger charge is 2.16. The normalized spacial score (nSPS) is 17.1. The summed E-state index contributed by atoms with van der Waals surface area (Å²) in [5.41, 5.74) is 0.756. The first kappa shape index (κ1) is 12.9. The molecule has 3 heteroatoms. The molecule has 0 atom stereocenters. The van der Waals surface area contributed by atoms with Gasteiger partial charge in [-0.1, -0.05) is 25.7 Å². The van der Waals surface area contributed by atoms with Gasteiger partial charge in [0, 0.05) is 12.1 Å². The molecule has 1 aromatic rings. The highest BCUT2D eigenvalue weighted by Crippen LogP contribution is 2.25. The summed E-state index contributed by atoms with van der Waals surface area (Å²) in [4.78, 5) is 11.9. The van der Waals surface area contributed by atoms with Gasteiger partial charge in [0.25, 0.3) is 0 Å². The Kier molecular flexibility index (Phi) is 4.62. The molecule has 1 fully saturated rings. The largest absolute Gasteiger partial charge is 0.508 e. The lowest BCUT2D eigenvalue weighted by Gasteiger charge is -2.13. The number of aromatic hydroxyl groups is 1. The van der Waals surface area contributed by atoms with Crippen LogP contribution in [0, 0.1) is 5.92 Å². The lowest BCUT2D eigenvalue weighted by molar-refractivity contribution is -0.117. The summed E-state index contributed by atoms with van der Waals surface area (Å²) in [5.74, 6) is 0.856. The number of benzene rings is 1. The lowest BCUT2D eigenvalue weighted by atomic mass is 9.96. The van der Waals surface area contributed by atoms with Crippen molar-refractivity contribution in [3.63, 3.8) is 0 Å². The quantitative estimate of drug-likeness (QED) is 0.632. The fraction of sp³-hybridized carbons (Fsp3) is 0.533. The Hall–Kier alpha value is -1.51. The van der Waals surface area contributed by atoms with Crippen LogP contribution in [0.15, 0.2) is 24.3 Å². The third-order valence-electron chi connectivity index (χ3n) is 3.60. The van der Waals surface area contributed by atoms with E-state index < -0.39 is 0 Å². The zero-order chi connectivity index (χ0) is 12.8. The number of phenolic OH excluding ortho intramolecular Hbond substituents is 1. The standard InChI is InChI=1S/C15H21NO2/c17-14-9-7-13(8-10-14)16-15(18)11-12-5-3-1-2-4-6-12/h7-10,12,17H,1-6,11H2,(H,16,18). The molecule has 0 radical (unpaired) electrons. The average molecular weight is 247 g/mol. The summed E-state index contributed by atoms with van der Waals surface area (Å²) in [7, 11) is 0. The maximum Gasteiger partial charge on any atom is 0.224 e. The Morgan fingerprint density at radius 2 is 1.72 bits per heavy atom. The zero-order valence-corrected chi connectivity index (χ0v) is 10.7. The molecule has 18 heavy (non-hydrogen) atoms. The molecule has 3 nitrogen and oxygen atoms in total. The second-order valence-corrected chi connectivity index (χ2v) is 5.16. The van der Waals surface area contributed by atoms with Crippen molar-refractivity contribution in [2.75, 3.05) is 5.32 Å². The first-order chi connectivity index (χ1) is 8.74. The molecule has 0 spiro atoms. The summed E-state index contributed by atoms with van der Waals surface area (Å²) in [6.07, 6.45) is 8.15. The Labute approximate surface area is 108 Å². The van der Waals surface area contributed by atoms with Crippen LogP contribution in [0.5, 0.6) is 5.75 Å². The molecule has 1 saturated carbocycles. The van der Waals surface area contributed by atoms with Gasteiger partial charge in [-0.15, -0.1) is 0 Å². The minimum atomic E-state index is 0.0904. The van der Waals surface area contributed by atoms with E-state index in [1.165, 1.54) is 38.5 Å². The number of hydrogen-bond donors (Lipinski definition) is 2. The summed E-state index contributed by atoms with van der Waals surface area (Å²) in [6.45, 7) is 0. The molecule has 1 amide bonds. The molecule has 1 aromatic carbocycles. The maximum absolute atomic E-state index is 11.9. The SMILES string of the molecule is O=C(CC1CCCCCC1)Nc1ccc(O)cc1. The number of amides is 1. The average Bonchev–Trinajstić information content (AvgIpc) is 2.61. The van der Waals surface area contributed by atoms with Crippen molar-refractivity contribution in [3.05, 3.63) is 24.3 Å². The third kappa shape index (κ3) is 4.06. The molecule has 0 aliphatic heterocycles.